The third-order valence-corrected chi connectivity index (χ3v) is 3.80. The van der Waals surface area contributed by atoms with Crippen LogP contribution in [0.2, 0.25) is 0 Å². The average Bonchev–Trinajstić information content (AvgIpc) is 3.07. The zero-order valence-corrected chi connectivity index (χ0v) is 13.2. The summed E-state index contributed by atoms with van der Waals surface area (Å²) in [5, 5.41) is 3.85. The van der Waals surface area contributed by atoms with Crippen molar-refractivity contribution in [2.45, 2.75) is 50.1 Å². The van der Waals surface area contributed by atoms with Gasteiger partial charge in [-0.2, -0.15) is 0 Å². The van der Waals surface area contributed by atoms with Crippen molar-refractivity contribution in [3.05, 3.63) is 35.4 Å². The van der Waals surface area contributed by atoms with Crippen LogP contribution >= 0.6 is 15.9 Å². The summed E-state index contributed by atoms with van der Waals surface area (Å²) in [6, 6.07) is 8.34. The number of alkyl halides is 1. The van der Waals surface area contributed by atoms with Crippen LogP contribution in [0.3, 0.4) is 0 Å². The van der Waals surface area contributed by atoms with Crippen molar-refractivity contribution in [1.29, 1.82) is 0 Å². The number of rotatable bonds is 3. The van der Waals surface area contributed by atoms with Crippen LogP contribution in [0.5, 0.6) is 0 Å². The first kappa shape index (κ1) is 14.4. The van der Waals surface area contributed by atoms with Gasteiger partial charge in [0.1, 0.15) is 5.60 Å². The van der Waals surface area contributed by atoms with Gasteiger partial charge < -0.3 is 10.1 Å². The average molecular weight is 326 g/mol. The molecule has 0 radical (unpaired) electrons. The normalized spacial score (nSPS) is 16.8. The lowest BCUT2D eigenvalue weighted by Gasteiger charge is -2.23. The number of carbonyl (C=O) groups excluding carboxylic acids is 1. The lowest BCUT2D eigenvalue weighted by atomic mass is 10.0. The Bertz CT molecular complexity index is 458. The molecule has 1 aromatic rings. The molecule has 0 bridgehead atoms. The summed E-state index contributed by atoms with van der Waals surface area (Å²) in [6.07, 6.45) is 1.61. The Morgan fingerprint density at radius 3 is 2.32 bits per heavy atom. The highest BCUT2D eigenvalue weighted by atomic mass is 79.9. The lowest BCUT2D eigenvalue weighted by Crippen LogP contribution is -2.39. The fourth-order valence-corrected chi connectivity index (χ4v) is 2.40. The van der Waals surface area contributed by atoms with Gasteiger partial charge in [-0.15, -0.1) is 0 Å². The minimum atomic E-state index is -0.458. The number of amides is 1. The van der Waals surface area contributed by atoms with Gasteiger partial charge in [0.2, 0.25) is 0 Å². The molecular formula is C15H20BrNO2. The fraction of sp³-hybridized carbons (Fsp3) is 0.533. The molecular weight excluding hydrogens is 306 g/mol. The van der Waals surface area contributed by atoms with Gasteiger partial charge in [0.05, 0.1) is 5.54 Å². The van der Waals surface area contributed by atoms with E-state index in [1.807, 2.05) is 20.8 Å². The Balaban J connectivity index is 2.04. The highest BCUT2D eigenvalue weighted by Gasteiger charge is 2.46. The molecule has 1 N–H and O–H groups in total. The number of benzene rings is 1. The van der Waals surface area contributed by atoms with E-state index in [1.165, 1.54) is 5.56 Å². The largest absolute Gasteiger partial charge is 0.444 e. The van der Waals surface area contributed by atoms with Gasteiger partial charge in [0.15, 0.2) is 0 Å². The minimum Gasteiger partial charge on any atom is -0.444 e. The molecule has 0 aromatic heterocycles. The number of halogens is 1. The molecule has 1 aliphatic carbocycles. The Kier molecular flexibility index (Phi) is 3.90. The summed E-state index contributed by atoms with van der Waals surface area (Å²) in [4.78, 5) is 11.9. The van der Waals surface area contributed by atoms with Crippen LogP contribution in [0.15, 0.2) is 24.3 Å². The predicted octanol–water partition coefficient (Wildman–Crippen LogP) is 4.10. The number of nitrogens with one attached hydrogen (secondary N) is 1. The molecule has 0 aliphatic heterocycles. The highest BCUT2D eigenvalue weighted by molar-refractivity contribution is 9.08. The van der Waals surface area contributed by atoms with E-state index in [4.69, 9.17) is 4.74 Å². The maximum atomic E-state index is 11.9. The maximum Gasteiger partial charge on any atom is 0.408 e. The minimum absolute atomic E-state index is 0.215. The second-order valence-corrected chi connectivity index (χ2v) is 6.60. The van der Waals surface area contributed by atoms with E-state index in [0.29, 0.717) is 0 Å². The van der Waals surface area contributed by atoms with Gasteiger partial charge in [-0.3, -0.25) is 0 Å². The molecule has 1 fully saturated rings. The first-order valence-corrected chi connectivity index (χ1v) is 7.63. The molecule has 0 unspecified atom stereocenters. The SMILES string of the molecule is CC(C)(C)OC(=O)NC1(c2ccc(CBr)cc2)CC1. The van der Waals surface area contributed by atoms with Crippen molar-refractivity contribution in [3.63, 3.8) is 0 Å². The number of carbonyl (C=O) groups is 1. The molecule has 1 amide bonds. The van der Waals surface area contributed by atoms with Crippen molar-refractivity contribution >= 4 is 22.0 Å². The summed E-state index contributed by atoms with van der Waals surface area (Å²) in [7, 11) is 0. The van der Waals surface area contributed by atoms with E-state index in [0.717, 1.165) is 23.7 Å². The molecule has 0 spiro atoms. The van der Waals surface area contributed by atoms with Crippen LogP contribution in [-0.2, 0) is 15.6 Å². The summed E-state index contributed by atoms with van der Waals surface area (Å²) >= 11 is 3.43. The molecule has 1 aliphatic rings. The van der Waals surface area contributed by atoms with Crippen molar-refractivity contribution in [3.8, 4) is 0 Å². The van der Waals surface area contributed by atoms with Gasteiger partial charge in [-0.1, -0.05) is 40.2 Å². The summed E-state index contributed by atoms with van der Waals surface area (Å²) in [6.45, 7) is 5.62. The fourth-order valence-electron chi connectivity index (χ4n) is 2.02. The molecule has 1 aromatic carbocycles. The van der Waals surface area contributed by atoms with Gasteiger partial charge in [0, 0.05) is 5.33 Å². The molecule has 19 heavy (non-hydrogen) atoms. The zero-order chi connectivity index (χ0) is 14.1. The summed E-state index contributed by atoms with van der Waals surface area (Å²) in [5.41, 5.74) is 1.72. The van der Waals surface area contributed by atoms with E-state index in [2.05, 4.69) is 45.5 Å². The van der Waals surface area contributed by atoms with Crippen LogP contribution in [0.25, 0.3) is 0 Å². The molecule has 3 nitrogen and oxygen atoms in total. The Hall–Kier alpha value is -1.03. The van der Waals surface area contributed by atoms with Crippen molar-refractivity contribution in [1.82, 2.24) is 5.32 Å². The van der Waals surface area contributed by atoms with E-state index in [9.17, 15) is 4.79 Å². The van der Waals surface area contributed by atoms with Crippen LogP contribution < -0.4 is 5.32 Å². The molecule has 2 rings (SSSR count). The van der Waals surface area contributed by atoms with Crippen LogP contribution in [-0.4, -0.2) is 11.7 Å². The lowest BCUT2D eigenvalue weighted by molar-refractivity contribution is 0.0495. The smallest absolute Gasteiger partial charge is 0.408 e. The Morgan fingerprint density at radius 1 is 1.32 bits per heavy atom. The van der Waals surface area contributed by atoms with Gasteiger partial charge in [-0.05, 0) is 44.7 Å². The Labute approximate surface area is 122 Å². The van der Waals surface area contributed by atoms with E-state index < -0.39 is 5.60 Å². The summed E-state index contributed by atoms with van der Waals surface area (Å²) in [5.74, 6) is 0. The third-order valence-electron chi connectivity index (χ3n) is 3.15. The van der Waals surface area contributed by atoms with Crippen molar-refractivity contribution in [2.75, 3.05) is 0 Å². The van der Waals surface area contributed by atoms with Crippen molar-refractivity contribution < 1.29 is 9.53 Å². The summed E-state index contributed by atoms with van der Waals surface area (Å²) < 4.78 is 5.32. The molecule has 4 heteroatoms. The molecule has 1 saturated carbocycles. The molecule has 104 valence electrons. The molecule has 0 saturated heterocycles. The standard InChI is InChI=1S/C15H20BrNO2/c1-14(2,3)19-13(18)17-15(8-9-15)12-6-4-11(10-16)5-7-12/h4-7H,8-10H2,1-3H3,(H,17,18). The van der Waals surface area contributed by atoms with E-state index in [1.54, 1.807) is 0 Å². The highest BCUT2D eigenvalue weighted by Crippen LogP contribution is 2.45. The van der Waals surface area contributed by atoms with E-state index in [-0.39, 0.29) is 11.6 Å². The molecule has 0 heterocycles. The molecule has 0 atom stereocenters. The monoisotopic (exact) mass is 325 g/mol. The first-order valence-electron chi connectivity index (χ1n) is 6.51. The predicted molar refractivity (Wildman–Crippen MR) is 79.4 cm³/mol. The number of alkyl carbamates (subject to hydrolysis) is 1. The van der Waals surface area contributed by atoms with Crippen LogP contribution in [0, 0.1) is 0 Å². The maximum absolute atomic E-state index is 11.9. The van der Waals surface area contributed by atoms with E-state index >= 15 is 0 Å². The van der Waals surface area contributed by atoms with Gasteiger partial charge in [0.25, 0.3) is 0 Å². The zero-order valence-electron chi connectivity index (χ0n) is 11.6. The van der Waals surface area contributed by atoms with Crippen LogP contribution in [0.4, 0.5) is 4.79 Å². The number of hydrogen-bond acceptors (Lipinski definition) is 2. The number of hydrogen-bond donors (Lipinski definition) is 1. The Morgan fingerprint density at radius 2 is 1.89 bits per heavy atom. The second-order valence-electron chi connectivity index (χ2n) is 6.04. The van der Waals surface area contributed by atoms with Gasteiger partial charge in [-0.25, -0.2) is 4.79 Å². The van der Waals surface area contributed by atoms with Crippen LogP contribution in [0.1, 0.15) is 44.7 Å². The number of ether oxygens (including phenoxy) is 1. The topological polar surface area (TPSA) is 38.3 Å². The quantitative estimate of drug-likeness (QED) is 0.850. The van der Waals surface area contributed by atoms with Crippen molar-refractivity contribution in [2.24, 2.45) is 0 Å². The van der Waals surface area contributed by atoms with Gasteiger partial charge >= 0.3 is 6.09 Å². The first-order chi connectivity index (χ1) is 8.85. The second kappa shape index (κ2) is 5.16. The third kappa shape index (κ3) is 3.72.